The fourth-order valence-electron chi connectivity index (χ4n) is 5.00. The molecule has 4 atom stereocenters. The number of aliphatic hydroxyl groups excluding tert-OH is 2. The van der Waals surface area contributed by atoms with Crippen LogP contribution in [0.1, 0.15) is 31.2 Å². The van der Waals surface area contributed by atoms with Gasteiger partial charge in [-0.3, -0.25) is 0 Å². The second kappa shape index (κ2) is 13.6. The minimum absolute atomic E-state index is 0.0453. The van der Waals surface area contributed by atoms with Gasteiger partial charge in [-0.1, -0.05) is 18.2 Å². The highest BCUT2D eigenvalue weighted by Crippen LogP contribution is 2.26. The van der Waals surface area contributed by atoms with Crippen molar-refractivity contribution >= 4 is 32.6 Å². The van der Waals surface area contributed by atoms with Gasteiger partial charge in [-0.05, 0) is 59.9 Å². The third-order valence-corrected chi connectivity index (χ3v) is 8.57. The average molecular weight is 587 g/mol. The predicted octanol–water partition coefficient (Wildman–Crippen LogP) is 1.07. The third-order valence-electron chi connectivity index (χ3n) is 7.25. The normalized spacial score (nSPS) is 24.3. The number of piperidine rings is 1. The molecule has 2 fully saturated rings. The second-order valence-electron chi connectivity index (χ2n) is 10.3. The van der Waals surface area contributed by atoms with E-state index in [1.807, 2.05) is 18.2 Å². The minimum atomic E-state index is -4.18. The van der Waals surface area contributed by atoms with Crippen LogP contribution in [0.5, 0.6) is 0 Å². The van der Waals surface area contributed by atoms with Crippen molar-refractivity contribution in [1.29, 1.82) is 5.26 Å². The van der Waals surface area contributed by atoms with E-state index in [4.69, 9.17) is 21.1 Å². The molecule has 41 heavy (non-hydrogen) atoms. The molecule has 0 aromatic heterocycles. The first-order valence-electron chi connectivity index (χ1n) is 13.5. The lowest BCUT2D eigenvalue weighted by atomic mass is 10.0. The van der Waals surface area contributed by atoms with Gasteiger partial charge in [0.15, 0.2) is 11.2 Å². The maximum absolute atomic E-state index is 12.9. The molecule has 12 nitrogen and oxygen atoms in total. The summed E-state index contributed by atoms with van der Waals surface area (Å²) in [4.78, 5) is 1.92. The summed E-state index contributed by atoms with van der Waals surface area (Å²) in [5.74, 6) is 5.94. The summed E-state index contributed by atoms with van der Waals surface area (Å²) in [6, 6.07) is 13.5. The summed E-state index contributed by atoms with van der Waals surface area (Å²) >= 11 is 0. The Balaban J connectivity index is 1.39. The fourth-order valence-corrected chi connectivity index (χ4v) is 5.93. The number of hydrogen-bond donors (Lipinski definition) is 5. The molecule has 2 heterocycles. The molecule has 4 rings (SSSR count). The van der Waals surface area contributed by atoms with Crippen LogP contribution < -0.4 is 21.2 Å². The first-order chi connectivity index (χ1) is 19.6. The molecular formula is C28H38N6O6S. The summed E-state index contributed by atoms with van der Waals surface area (Å²) < 4.78 is 38.7. The highest BCUT2D eigenvalue weighted by atomic mass is 32.2. The van der Waals surface area contributed by atoms with E-state index in [1.54, 1.807) is 12.1 Å². The van der Waals surface area contributed by atoms with Crippen LogP contribution in [0.2, 0.25) is 0 Å². The smallest absolute Gasteiger partial charge is 0.251 e. The zero-order valence-corrected chi connectivity index (χ0v) is 23.8. The second-order valence-corrected chi connectivity index (χ2v) is 12.1. The van der Waals surface area contributed by atoms with Gasteiger partial charge in [0.2, 0.25) is 0 Å². The van der Waals surface area contributed by atoms with Crippen molar-refractivity contribution in [2.45, 2.75) is 50.3 Å². The molecule has 0 bridgehead atoms. The Kier molecular flexibility index (Phi) is 10.2. The van der Waals surface area contributed by atoms with Crippen molar-refractivity contribution in [3.05, 3.63) is 58.8 Å². The Morgan fingerprint density at radius 3 is 2.63 bits per heavy atom. The highest BCUT2D eigenvalue weighted by Gasteiger charge is 2.37. The molecular weight excluding hydrogens is 548 g/mol. The highest BCUT2D eigenvalue weighted by molar-refractivity contribution is 7.93. The molecule has 0 aliphatic carbocycles. The predicted molar refractivity (Wildman–Crippen MR) is 156 cm³/mol. The minimum Gasteiger partial charge on any atom is -0.400 e. The van der Waals surface area contributed by atoms with Crippen LogP contribution in [0.4, 0.5) is 5.69 Å². The van der Waals surface area contributed by atoms with Gasteiger partial charge in [-0.15, -0.1) is 0 Å². The molecule has 0 radical (unpaired) electrons. The summed E-state index contributed by atoms with van der Waals surface area (Å²) in [5, 5.41) is 32.9. The van der Waals surface area contributed by atoms with Gasteiger partial charge < -0.3 is 35.3 Å². The standard InChI is InChI=1S/C28H38N6O6S/c1-39-27-14-25(35)28(36)26(40-27)18-34(31)17-22(30)16-32-41(37,38)24(15-29)12-19-5-6-21-13-23(8-7-20(21)11-19)33-9-3-2-4-10-33/h5-8,11-13,17,25-28,32,35-36H,2-4,9-10,14,16,18,30-31H2,1H3/b22-17-,24-12+/t25?,26?,27-,28-/m0/s1. The summed E-state index contributed by atoms with van der Waals surface area (Å²) in [7, 11) is -2.76. The molecule has 0 spiro atoms. The lowest BCUT2D eigenvalue weighted by Gasteiger charge is -2.37. The zero-order chi connectivity index (χ0) is 29.6. The number of nitrogens with zero attached hydrogens (tertiary/aromatic N) is 3. The monoisotopic (exact) mass is 586 g/mol. The van der Waals surface area contributed by atoms with E-state index < -0.39 is 39.5 Å². The number of allylic oxidation sites excluding steroid dienone is 1. The Hall–Kier alpha value is -3.22. The van der Waals surface area contributed by atoms with Crippen LogP contribution in [0, 0.1) is 11.3 Å². The average Bonchev–Trinajstić information content (AvgIpc) is 2.97. The number of nitrogens with one attached hydrogen (secondary N) is 1. The van der Waals surface area contributed by atoms with Gasteiger partial charge in [0.05, 0.1) is 19.2 Å². The molecule has 2 aliphatic heterocycles. The molecule has 2 aromatic carbocycles. The summed E-state index contributed by atoms with van der Waals surface area (Å²) in [6.45, 7) is 1.73. The number of benzene rings is 2. The number of fused-ring (bicyclic) bond motifs is 1. The number of nitrogens with two attached hydrogens (primary N) is 2. The van der Waals surface area contributed by atoms with Crippen molar-refractivity contribution in [2.75, 3.05) is 38.2 Å². The van der Waals surface area contributed by atoms with Gasteiger partial charge in [0.1, 0.15) is 18.3 Å². The van der Waals surface area contributed by atoms with E-state index in [-0.39, 0.29) is 25.2 Å². The third kappa shape index (κ3) is 7.96. The molecule has 222 valence electrons. The quantitative estimate of drug-likeness (QED) is 0.152. The van der Waals surface area contributed by atoms with Gasteiger partial charge in [-0.2, -0.15) is 5.26 Å². The van der Waals surface area contributed by atoms with Crippen LogP contribution in [0.3, 0.4) is 0 Å². The van der Waals surface area contributed by atoms with E-state index in [0.29, 0.717) is 5.56 Å². The van der Waals surface area contributed by atoms with E-state index in [2.05, 4.69) is 21.8 Å². The summed E-state index contributed by atoms with van der Waals surface area (Å²) in [6.07, 6.45) is 2.55. The first kappa shape index (κ1) is 30.7. The molecule has 2 aliphatic rings. The molecule has 7 N–H and O–H groups in total. The van der Waals surface area contributed by atoms with Crippen LogP contribution in [-0.4, -0.2) is 81.5 Å². The largest absolute Gasteiger partial charge is 0.400 e. The lowest BCUT2D eigenvalue weighted by molar-refractivity contribution is -0.244. The molecule has 2 saturated heterocycles. The molecule has 13 heteroatoms. The van der Waals surface area contributed by atoms with E-state index in [1.165, 1.54) is 44.3 Å². The molecule has 2 aromatic rings. The van der Waals surface area contributed by atoms with Crippen molar-refractivity contribution in [3.8, 4) is 6.07 Å². The zero-order valence-electron chi connectivity index (χ0n) is 23.0. The summed E-state index contributed by atoms with van der Waals surface area (Å²) in [5.41, 5.74) is 7.75. The maximum Gasteiger partial charge on any atom is 0.251 e. The van der Waals surface area contributed by atoms with E-state index in [0.717, 1.165) is 28.9 Å². The number of hydrazine groups is 1. The number of methoxy groups -OCH3 is 1. The van der Waals surface area contributed by atoms with Crippen LogP contribution in [0.15, 0.2) is 53.2 Å². The van der Waals surface area contributed by atoms with Crippen LogP contribution in [-0.2, 0) is 19.5 Å². The number of rotatable bonds is 10. The topological polar surface area (TPSA) is 187 Å². The van der Waals surface area contributed by atoms with Gasteiger partial charge >= 0.3 is 0 Å². The Morgan fingerprint density at radius 2 is 1.93 bits per heavy atom. The van der Waals surface area contributed by atoms with Gasteiger partial charge in [-0.25, -0.2) is 19.0 Å². The van der Waals surface area contributed by atoms with E-state index >= 15 is 0 Å². The fraction of sp³-hybridized carbons (Fsp3) is 0.464. The van der Waals surface area contributed by atoms with Crippen molar-refractivity contribution in [2.24, 2.45) is 11.6 Å². The molecule has 2 unspecified atom stereocenters. The maximum atomic E-state index is 12.9. The Morgan fingerprint density at radius 1 is 1.22 bits per heavy atom. The van der Waals surface area contributed by atoms with Crippen LogP contribution in [0.25, 0.3) is 16.8 Å². The SMILES string of the molecule is CO[C@@H]1CC(O)[C@H](O)C(CN(N)/C=C(\N)CNS(=O)(=O)/C(C#N)=C/c2ccc3cc(N4CCCCC4)ccc3c2)O1. The number of sulfonamides is 1. The number of nitriles is 1. The van der Waals surface area contributed by atoms with Crippen molar-refractivity contribution in [3.63, 3.8) is 0 Å². The number of aliphatic hydroxyl groups is 2. The number of ether oxygens (including phenoxy) is 2. The van der Waals surface area contributed by atoms with Crippen molar-refractivity contribution < 1.29 is 28.1 Å². The van der Waals surface area contributed by atoms with Crippen LogP contribution >= 0.6 is 0 Å². The molecule has 0 amide bonds. The van der Waals surface area contributed by atoms with Gasteiger partial charge in [0.25, 0.3) is 10.0 Å². The molecule has 0 saturated carbocycles. The van der Waals surface area contributed by atoms with Crippen molar-refractivity contribution in [1.82, 2.24) is 9.73 Å². The Bertz CT molecular complexity index is 1420. The lowest BCUT2D eigenvalue weighted by Crippen LogP contribution is -2.53. The number of hydrogen-bond acceptors (Lipinski definition) is 11. The first-order valence-corrected chi connectivity index (χ1v) is 15.0. The van der Waals surface area contributed by atoms with E-state index in [9.17, 15) is 23.9 Å². The van der Waals surface area contributed by atoms with Gasteiger partial charge in [0, 0.05) is 44.2 Å². The Labute approximate surface area is 240 Å². The number of anilines is 1.